The third-order valence-electron chi connectivity index (χ3n) is 20.2. The molecule has 5 fully saturated rings. The quantitative estimate of drug-likeness (QED) is 0.0374. The molecule has 19 nitrogen and oxygen atoms in total. The number of amides is 4. The Morgan fingerprint density at radius 3 is 2.39 bits per heavy atom. The zero-order chi connectivity index (χ0) is 59.9. The minimum Gasteiger partial charge on any atom is -0.480 e. The minimum atomic E-state index is -1.11. The smallest absolute Gasteiger partial charge is 0.415 e. The number of aliphatic imine (C=N–C) groups is 1. The monoisotopic (exact) mass is 1180 g/mol. The number of nitrogens with one attached hydrogen (secondary N) is 2. The van der Waals surface area contributed by atoms with E-state index in [1.807, 2.05) is 0 Å². The maximum Gasteiger partial charge on any atom is 0.415 e. The lowest BCUT2D eigenvalue weighted by Crippen LogP contribution is -2.54. The topological polar surface area (TPSA) is 275 Å². The fourth-order valence-electron chi connectivity index (χ4n) is 15.4. The lowest BCUT2D eigenvalue weighted by Gasteiger charge is -2.58. The lowest BCUT2D eigenvalue weighted by molar-refractivity contribution is -0.142. The number of hydrogen-bond donors (Lipinski definition) is 5. The Bertz CT molecular complexity index is 3010. The average molecular weight is 1190 g/mol. The number of aliphatic carboxylic acids is 2. The third kappa shape index (κ3) is 13.0. The Morgan fingerprint density at radius 2 is 1.65 bits per heavy atom. The molecule has 5 N–H and O–H groups in total. The van der Waals surface area contributed by atoms with E-state index in [0.29, 0.717) is 97.2 Å². The number of rotatable bonds is 24. The van der Waals surface area contributed by atoms with Crippen LogP contribution in [0.4, 0.5) is 4.79 Å². The fraction of sp³-hybridized carbons (Fsp3) is 0.677. The van der Waals surface area contributed by atoms with E-state index in [4.69, 9.17) is 9.47 Å². The number of ketones is 2. The van der Waals surface area contributed by atoms with Crippen molar-refractivity contribution in [1.29, 1.82) is 0 Å². The number of ether oxygens (including phenoxy) is 2. The van der Waals surface area contributed by atoms with E-state index >= 15 is 0 Å². The Balaban J connectivity index is 0.730. The number of hydrogen-bond acceptors (Lipinski definition) is 15. The number of thiazole rings is 1. The SMILES string of the molecule is CC1=C(C)C(=O)C(C(C)(C)CC(=O)N(C)CCN(CCCC(=O)NCCCCC(NC(=O)CC[C@@H](C)[C@H]2CC[C@H]3[C@@H]4CC[C@@H]5C[C@H](O)CC[C@]5(C)[C@H]4C[C@@H]4O[C@@]423)C(=O)O)C(=O)Oc2ccc3nc(C4=NC(C(=O)O)CS4)sc3c2)=C(C)C1=O. The maximum absolute atomic E-state index is 13.9. The molecule has 4 amide bonds. The van der Waals surface area contributed by atoms with Gasteiger partial charge in [-0.25, -0.2) is 19.4 Å². The Labute approximate surface area is 494 Å². The van der Waals surface area contributed by atoms with Crippen LogP contribution in [0.2, 0.25) is 0 Å². The van der Waals surface area contributed by atoms with E-state index in [1.54, 1.807) is 59.9 Å². The summed E-state index contributed by atoms with van der Waals surface area (Å²) < 4.78 is 13.3. The summed E-state index contributed by atoms with van der Waals surface area (Å²) in [5, 5.41) is 36.7. The van der Waals surface area contributed by atoms with E-state index in [0.717, 1.165) is 38.5 Å². The van der Waals surface area contributed by atoms with E-state index < -0.39 is 35.5 Å². The number of thioether (sulfide) groups is 1. The van der Waals surface area contributed by atoms with Crippen molar-refractivity contribution in [2.45, 2.75) is 181 Å². The molecule has 1 aromatic heterocycles. The van der Waals surface area contributed by atoms with Gasteiger partial charge in [0.15, 0.2) is 17.6 Å². The predicted octanol–water partition coefficient (Wildman–Crippen LogP) is 8.54. The number of allylic oxidation sites excluding steroid dienone is 4. The Morgan fingerprint density at radius 1 is 0.892 bits per heavy atom. The molecule has 9 rings (SSSR count). The number of aromatic nitrogens is 1. The van der Waals surface area contributed by atoms with Crippen molar-refractivity contribution < 1.29 is 63.1 Å². The second-order valence-electron chi connectivity index (χ2n) is 25.8. The number of fused-ring (bicyclic) bond motifs is 5. The number of likely N-dealkylation sites (N-methyl/N-ethyl adjacent to an activating group) is 1. The summed E-state index contributed by atoms with van der Waals surface area (Å²) in [6, 6.07) is 3.04. The number of Topliss-reactive ketones (excluding diaryl/α,β-unsaturated/α-hetero) is 2. The molecule has 7 aliphatic rings. The van der Waals surface area contributed by atoms with Crippen LogP contribution in [-0.4, -0.2) is 151 Å². The van der Waals surface area contributed by atoms with Crippen LogP contribution >= 0.6 is 23.1 Å². The summed E-state index contributed by atoms with van der Waals surface area (Å²) >= 11 is 2.60. The number of carbonyl (C=O) groups is 8. The highest BCUT2D eigenvalue weighted by atomic mass is 32.2. The second-order valence-corrected chi connectivity index (χ2v) is 27.8. The highest BCUT2D eigenvalue weighted by Gasteiger charge is 2.75. The molecule has 0 bridgehead atoms. The first-order valence-corrected chi connectivity index (χ1v) is 31.8. The molecule has 3 heterocycles. The van der Waals surface area contributed by atoms with Crippen LogP contribution in [0.25, 0.3) is 10.2 Å². The number of carboxylic acids is 2. The van der Waals surface area contributed by atoms with Gasteiger partial charge in [-0.15, -0.1) is 23.1 Å². The van der Waals surface area contributed by atoms with Gasteiger partial charge in [-0.1, -0.05) is 27.7 Å². The molecule has 1 aromatic carbocycles. The zero-order valence-corrected chi connectivity index (χ0v) is 51.0. The summed E-state index contributed by atoms with van der Waals surface area (Å²) in [5.74, 6) is 0.144. The van der Waals surface area contributed by atoms with Crippen LogP contribution in [0, 0.1) is 46.3 Å². The molecule has 0 radical (unpaired) electrons. The van der Waals surface area contributed by atoms with Crippen LogP contribution in [0.3, 0.4) is 0 Å². The van der Waals surface area contributed by atoms with E-state index in [9.17, 15) is 53.7 Å². The molecule has 2 unspecified atom stereocenters. The zero-order valence-electron chi connectivity index (χ0n) is 49.4. The van der Waals surface area contributed by atoms with Gasteiger partial charge in [0, 0.05) is 92.0 Å². The highest BCUT2D eigenvalue weighted by molar-refractivity contribution is 8.15. The van der Waals surface area contributed by atoms with Crippen LogP contribution in [-0.2, 0) is 38.3 Å². The molecule has 21 heteroatoms. The van der Waals surface area contributed by atoms with Crippen molar-refractivity contribution in [3.8, 4) is 5.75 Å². The number of aliphatic hydroxyl groups is 1. The maximum atomic E-state index is 13.9. The highest BCUT2D eigenvalue weighted by Crippen LogP contribution is 2.72. The molecule has 1 saturated heterocycles. The van der Waals surface area contributed by atoms with E-state index in [1.165, 1.54) is 45.7 Å². The van der Waals surface area contributed by atoms with Crippen molar-refractivity contribution >= 4 is 85.7 Å². The summed E-state index contributed by atoms with van der Waals surface area (Å²) in [7, 11) is 1.59. The van der Waals surface area contributed by atoms with Gasteiger partial charge in [-0.05, 0) is 157 Å². The fourth-order valence-corrected chi connectivity index (χ4v) is 17.5. The molecule has 2 aliphatic heterocycles. The molecule has 12 atom stereocenters. The normalized spacial score (nSPS) is 29.0. The number of aliphatic hydroxyl groups excluding tert-OH is 1. The van der Waals surface area contributed by atoms with Gasteiger partial charge >= 0.3 is 18.0 Å². The second kappa shape index (κ2) is 25.2. The first kappa shape index (κ1) is 62.0. The molecule has 4 saturated carbocycles. The number of epoxide rings is 1. The van der Waals surface area contributed by atoms with Crippen LogP contribution in [0.15, 0.2) is 45.5 Å². The summed E-state index contributed by atoms with van der Waals surface area (Å²) in [6.07, 6.45) is 10.3. The predicted molar refractivity (Wildman–Crippen MR) is 315 cm³/mol. The van der Waals surface area contributed by atoms with Crippen molar-refractivity contribution in [2.75, 3.05) is 39.0 Å². The molecule has 452 valence electrons. The van der Waals surface area contributed by atoms with Gasteiger partial charge in [-0.2, -0.15) is 0 Å². The van der Waals surface area contributed by atoms with Gasteiger partial charge in [-0.3, -0.25) is 29.0 Å². The van der Waals surface area contributed by atoms with E-state index in [-0.39, 0.29) is 122 Å². The van der Waals surface area contributed by atoms with Crippen LogP contribution < -0.4 is 15.4 Å². The number of carboxylic acid groups (broad SMARTS) is 2. The van der Waals surface area contributed by atoms with Gasteiger partial charge in [0.2, 0.25) is 17.7 Å². The largest absolute Gasteiger partial charge is 0.480 e. The first-order chi connectivity index (χ1) is 39.3. The van der Waals surface area contributed by atoms with Crippen molar-refractivity contribution in [3.05, 3.63) is 45.5 Å². The average Bonchev–Trinajstić information content (AvgIpc) is 2.51. The third-order valence-corrected chi connectivity index (χ3v) is 22.4. The van der Waals surface area contributed by atoms with Crippen molar-refractivity contribution in [3.63, 3.8) is 0 Å². The molecule has 83 heavy (non-hydrogen) atoms. The molecule has 5 aliphatic carbocycles. The van der Waals surface area contributed by atoms with E-state index in [2.05, 4.69) is 34.5 Å². The van der Waals surface area contributed by atoms with Crippen LogP contribution in [0.1, 0.15) is 156 Å². The summed E-state index contributed by atoms with van der Waals surface area (Å²) in [6.45, 7) is 13.6. The molecule has 2 aromatic rings. The molecular formula is C62H84N6O13S2. The van der Waals surface area contributed by atoms with Crippen LogP contribution in [0.5, 0.6) is 5.75 Å². The minimum absolute atomic E-state index is 0.0318. The molecule has 1 spiro atoms. The molecular weight excluding hydrogens is 1100 g/mol. The van der Waals surface area contributed by atoms with Gasteiger partial charge < -0.3 is 45.2 Å². The number of carbonyl (C=O) groups excluding carboxylic acids is 6. The number of benzene rings is 1. The standard InChI is InChI=1S/C62H84N6O13S2/c1-33(41-18-19-42-40-17-15-37-28-38(69)22-23-61(37,7)43(40)30-48-62(41,42)81-48)14-21-50(71)64-45(57(75)76)12-9-10-24-63-49(70)13-11-25-68(27-26-67(8)51(72)31-60(5,6)52-36(4)53(73)34(2)35(3)54(52)74)59(79)80-39-16-20-44-47(29-39)83-56(65-44)55-66-46(32-82-55)58(77)78/h16,20,29,33,37-38,40-43,45-46,48,69H,9-15,17-19,21-28,30-32H2,1-8H3,(H,63,70)(H,64,71)(H,75,76)(H,77,78)/t33-,37-,38-,40+,41-,42+,43+,45?,46?,48+,61+,62+/m1/s1. The lowest BCUT2D eigenvalue weighted by atomic mass is 9.46. The summed E-state index contributed by atoms with van der Waals surface area (Å²) in [4.78, 5) is 116. The van der Waals surface area contributed by atoms with Crippen molar-refractivity contribution in [2.24, 2.45) is 51.3 Å². The first-order valence-electron chi connectivity index (χ1n) is 30.0. The summed E-state index contributed by atoms with van der Waals surface area (Å²) in [5.41, 5.74) is 1.20. The van der Waals surface area contributed by atoms with Gasteiger partial charge in [0.05, 0.1) is 22.4 Å². The number of unbranched alkanes of at least 4 members (excludes halogenated alkanes) is 1. The number of nitrogens with zero attached hydrogens (tertiary/aromatic N) is 4. The van der Waals surface area contributed by atoms with Gasteiger partial charge in [0.25, 0.3) is 0 Å². The Kier molecular flexibility index (Phi) is 18.8. The Hall–Kier alpha value is -5.51. The van der Waals surface area contributed by atoms with Crippen molar-refractivity contribution in [1.82, 2.24) is 25.4 Å². The van der Waals surface area contributed by atoms with Gasteiger partial charge in [0.1, 0.15) is 27.4 Å².